The standard InChI is InChI=1S/C13H14F2N4O.ClH/c14-9-4-8-2-1-3-19(11(8)5-10(9)15)7-12-17-13(6-16)20-18-12;/h4-5H,1-3,6-7,16H2;1H. The normalized spacial score (nSPS) is 13.8. The third-order valence-electron chi connectivity index (χ3n) is 3.35. The van der Waals surface area contributed by atoms with E-state index >= 15 is 0 Å². The Bertz CT molecular complexity index is 635. The molecule has 0 aliphatic carbocycles. The van der Waals surface area contributed by atoms with Gasteiger partial charge in [-0.1, -0.05) is 5.16 Å². The molecular weight excluding hydrogens is 302 g/mol. The molecule has 8 heteroatoms. The second-order valence-electron chi connectivity index (χ2n) is 4.73. The van der Waals surface area contributed by atoms with Crippen molar-refractivity contribution in [1.82, 2.24) is 10.1 Å². The van der Waals surface area contributed by atoms with Crippen molar-refractivity contribution in [2.24, 2.45) is 5.73 Å². The molecule has 2 N–H and O–H groups in total. The molecule has 1 aliphatic rings. The fourth-order valence-corrected chi connectivity index (χ4v) is 2.43. The number of aromatic nitrogens is 2. The maximum atomic E-state index is 13.4. The van der Waals surface area contributed by atoms with E-state index in [9.17, 15) is 8.78 Å². The molecule has 0 unspecified atom stereocenters. The summed E-state index contributed by atoms with van der Waals surface area (Å²) in [5.74, 6) is -0.799. The molecule has 0 radical (unpaired) electrons. The van der Waals surface area contributed by atoms with Gasteiger partial charge in [-0.05, 0) is 24.5 Å². The third kappa shape index (κ3) is 3.14. The van der Waals surface area contributed by atoms with Gasteiger partial charge in [0.25, 0.3) is 0 Å². The number of benzene rings is 1. The van der Waals surface area contributed by atoms with Crippen LogP contribution in [0.15, 0.2) is 16.7 Å². The maximum absolute atomic E-state index is 13.4. The Morgan fingerprint density at radius 3 is 2.76 bits per heavy atom. The first-order valence-corrected chi connectivity index (χ1v) is 6.42. The van der Waals surface area contributed by atoms with E-state index < -0.39 is 11.6 Å². The number of halogens is 3. The van der Waals surface area contributed by atoms with Crippen LogP contribution in [0.2, 0.25) is 0 Å². The highest BCUT2D eigenvalue weighted by Crippen LogP contribution is 2.30. The SMILES string of the molecule is Cl.NCc1nc(CN2CCCc3cc(F)c(F)cc32)no1. The Morgan fingerprint density at radius 1 is 1.29 bits per heavy atom. The quantitative estimate of drug-likeness (QED) is 0.940. The molecule has 0 fully saturated rings. The smallest absolute Gasteiger partial charge is 0.240 e. The number of rotatable bonds is 3. The molecule has 1 aromatic heterocycles. The largest absolute Gasteiger partial charge is 0.364 e. The molecule has 114 valence electrons. The molecule has 1 aliphatic heterocycles. The average molecular weight is 317 g/mol. The minimum atomic E-state index is -0.841. The number of aryl methyl sites for hydroxylation is 1. The van der Waals surface area contributed by atoms with Crippen molar-refractivity contribution in [3.05, 3.63) is 41.0 Å². The van der Waals surface area contributed by atoms with Gasteiger partial charge in [-0.3, -0.25) is 0 Å². The van der Waals surface area contributed by atoms with Crippen LogP contribution in [-0.4, -0.2) is 16.7 Å². The molecule has 21 heavy (non-hydrogen) atoms. The van der Waals surface area contributed by atoms with Gasteiger partial charge in [0.15, 0.2) is 17.5 Å². The van der Waals surface area contributed by atoms with E-state index in [1.165, 1.54) is 12.1 Å². The van der Waals surface area contributed by atoms with Gasteiger partial charge in [0, 0.05) is 18.3 Å². The molecule has 0 spiro atoms. The summed E-state index contributed by atoms with van der Waals surface area (Å²) in [6.45, 7) is 1.32. The van der Waals surface area contributed by atoms with Gasteiger partial charge in [-0.2, -0.15) is 4.98 Å². The highest BCUT2D eigenvalue weighted by atomic mass is 35.5. The van der Waals surface area contributed by atoms with Crippen molar-refractivity contribution in [1.29, 1.82) is 0 Å². The van der Waals surface area contributed by atoms with E-state index in [4.69, 9.17) is 10.3 Å². The second-order valence-corrected chi connectivity index (χ2v) is 4.73. The van der Waals surface area contributed by atoms with Crippen molar-refractivity contribution in [3.8, 4) is 0 Å². The highest BCUT2D eigenvalue weighted by Gasteiger charge is 2.21. The van der Waals surface area contributed by atoms with Crippen LogP contribution in [0.1, 0.15) is 23.7 Å². The van der Waals surface area contributed by atoms with Crippen LogP contribution in [0.4, 0.5) is 14.5 Å². The molecule has 0 amide bonds. The highest BCUT2D eigenvalue weighted by molar-refractivity contribution is 5.85. The summed E-state index contributed by atoms with van der Waals surface area (Å²) in [5.41, 5.74) is 6.90. The van der Waals surface area contributed by atoms with Gasteiger partial charge in [0.2, 0.25) is 5.89 Å². The minimum Gasteiger partial charge on any atom is -0.364 e. The molecule has 3 rings (SSSR count). The van der Waals surface area contributed by atoms with Crippen LogP contribution in [0, 0.1) is 11.6 Å². The summed E-state index contributed by atoms with van der Waals surface area (Å²) in [6.07, 6.45) is 1.61. The minimum absolute atomic E-state index is 0. The number of hydrogen-bond donors (Lipinski definition) is 1. The molecule has 0 saturated carbocycles. The zero-order valence-corrected chi connectivity index (χ0v) is 12.0. The summed E-state index contributed by atoms with van der Waals surface area (Å²) in [5, 5.41) is 3.82. The summed E-state index contributed by atoms with van der Waals surface area (Å²) >= 11 is 0. The van der Waals surface area contributed by atoms with Crippen molar-refractivity contribution in [3.63, 3.8) is 0 Å². The zero-order valence-electron chi connectivity index (χ0n) is 11.2. The topological polar surface area (TPSA) is 68.2 Å². The molecule has 5 nitrogen and oxygen atoms in total. The van der Waals surface area contributed by atoms with Crippen molar-refractivity contribution in [2.45, 2.75) is 25.9 Å². The van der Waals surface area contributed by atoms with E-state index in [1.807, 2.05) is 4.90 Å². The number of nitrogens with zero attached hydrogens (tertiary/aromatic N) is 3. The van der Waals surface area contributed by atoms with E-state index in [1.54, 1.807) is 0 Å². The maximum Gasteiger partial charge on any atom is 0.240 e. The number of hydrogen-bond acceptors (Lipinski definition) is 5. The molecule has 0 saturated heterocycles. The molecule has 0 atom stereocenters. The van der Waals surface area contributed by atoms with Gasteiger partial charge in [0.1, 0.15) is 0 Å². The second kappa shape index (κ2) is 6.36. The molecule has 2 aromatic rings. The van der Waals surface area contributed by atoms with Crippen LogP contribution in [0.25, 0.3) is 0 Å². The lowest BCUT2D eigenvalue weighted by molar-refractivity contribution is 0.374. The van der Waals surface area contributed by atoms with Crippen LogP contribution in [0.5, 0.6) is 0 Å². The zero-order chi connectivity index (χ0) is 14.1. The third-order valence-corrected chi connectivity index (χ3v) is 3.35. The van der Waals surface area contributed by atoms with Crippen molar-refractivity contribution >= 4 is 18.1 Å². The van der Waals surface area contributed by atoms with Crippen LogP contribution < -0.4 is 10.6 Å². The number of nitrogens with two attached hydrogens (primary N) is 1. The van der Waals surface area contributed by atoms with E-state index in [0.29, 0.717) is 23.9 Å². The Kier molecular flexibility index (Phi) is 4.74. The van der Waals surface area contributed by atoms with Gasteiger partial charge in [-0.15, -0.1) is 12.4 Å². The first kappa shape index (κ1) is 15.7. The Balaban J connectivity index is 0.00000161. The summed E-state index contributed by atoms with van der Waals surface area (Å²) in [4.78, 5) is 6.05. The first-order chi connectivity index (χ1) is 9.67. The first-order valence-electron chi connectivity index (χ1n) is 6.42. The van der Waals surface area contributed by atoms with Gasteiger partial charge >= 0.3 is 0 Å². The van der Waals surface area contributed by atoms with E-state index in [0.717, 1.165) is 24.9 Å². The van der Waals surface area contributed by atoms with E-state index in [-0.39, 0.29) is 19.0 Å². The lowest BCUT2D eigenvalue weighted by Gasteiger charge is -2.30. The monoisotopic (exact) mass is 316 g/mol. The van der Waals surface area contributed by atoms with Crippen LogP contribution in [-0.2, 0) is 19.5 Å². The molecular formula is C13H15ClF2N4O. The van der Waals surface area contributed by atoms with Crippen LogP contribution >= 0.6 is 12.4 Å². The van der Waals surface area contributed by atoms with Crippen molar-refractivity contribution in [2.75, 3.05) is 11.4 Å². The van der Waals surface area contributed by atoms with Crippen molar-refractivity contribution < 1.29 is 13.3 Å². The number of anilines is 1. The Morgan fingerprint density at radius 2 is 2.05 bits per heavy atom. The van der Waals surface area contributed by atoms with E-state index in [2.05, 4.69) is 10.1 Å². The molecule has 1 aromatic carbocycles. The van der Waals surface area contributed by atoms with Crippen LogP contribution in [0.3, 0.4) is 0 Å². The lowest BCUT2D eigenvalue weighted by atomic mass is 10.0. The Hall–Kier alpha value is -1.73. The predicted octanol–water partition coefficient (Wildman–Crippen LogP) is 2.18. The lowest BCUT2D eigenvalue weighted by Crippen LogP contribution is -2.29. The van der Waals surface area contributed by atoms with Gasteiger partial charge in [-0.25, -0.2) is 8.78 Å². The predicted molar refractivity (Wildman–Crippen MR) is 75.2 cm³/mol. The Labute approximate surface area is 126 Å². The molecule has 2 heterocycles. The van der Waals surface area contributed by atoms with Gasteiger partial charge < -0.3 is 15.2 Å². The molecule has 0 bridgehead atoms. The fraction of sp³-hybridized carbons (Fsp3) is 0.385. The number of fused-ring (bicyclic) bond motifs is 1. The summed E-state index contributed by atoms with van der Waals surface area (Å²) < 4.78 is 31.6. The summed E-state index contributed by atoms with van der Waals surface area (Å²) in [7, 11) is 0. The van der Waals surface area contributed by atoms with Gasteiger partial charge in [0.05, 0.1) is 13.1 Å². The summed E-state index contributed by atoms with van der Waals surface area (Å²) in [6, 6.07) is 2.49. The average Bonchev–Trinajstić information content (AvgIpc) is 2.89. The fourth-order valence-electron chi connectivity index (χ4n) is 2.43.